The molecular formula is C35H37Cl2N3O5S. The zero-order chi connectivity index (χ0) is 33.4. The molecule has 0 saturated carbocycles. The van der Waals surface area contributed by atoms with E-state index < -0.39 is 34.4 Å². The largest absolute Gasteiger partial charge is 0.497 e. The maximum absolute atomic E-state index is 14.6. The fourth-order valence-electron chi connectivity index (χ4n) is 4.92. The molecule has 0 bridgehead atoms. The molecular weight excluding hydrogens is 645 g/mol. The van der Waals surface area contributed by atoms with Crippen molar-refractivity contribution in [3.8, 4) is 5.75 Å². The van der Waals surface area contributed by atoms with Crippen LogP contribution >= 0.6 is 23.2 Å². The first kappa shape index (κ1) is 34.8. The normalized spacial score (nSPS) is 12.0. The number of benzene rings is 4. The van der Waals surface area contributed by atoms with Crippen molar-refractivity contribution in [2.75, 3.05) is 18.0 Å². The number of sulfonamides is 1. The van der Waals surface area contributed by atoms with E-state index in [2.05, 4.69) is 5.32 Å². The van der Waals surface area contributed by atoms with Crippen LogP contribution in [0.1, 0.15) is 30.5 Å². The van der Waals surface area contributed by atoms with Gasteiger partial charge in [-0.1, -0.05) is 83.4 Å². The van der Waals surface area contributed by atoms with E-state index in [0.717, 1.165) is 15.4 Å². The molecule has 4 aromatic rings. The second-order valence-electron chi connectivity index (χ2n) is 11.1. The summed E-state index contributed by atoms with van der Waals surface area (Å²) >= 11 is 13.1. The highest BCUT2D eigenvalue weighted by atomic mass is 35.5. The maximum atomic E-state index is 14.6. The first-order valence-corrected chi connectivity index (χ1v) is 16.9. The van der Waals surface area contributed by atoms with Crippen molar-refractivity contribution in [2.45, 2.75) is 50.7 Å². The van der Waals surface area contributed by atoms with Gasteiger partial charge in [0.1, 0.15) is 18.3 Å². The second-order valence-corrected chi connectivity index (χ2v) is 13.8. The van der Waals surface area contributed by atoms with Crippen LogP contribution < -0.4 is 14.4 Å². The van der Waals surface area contributed by atoms with Gasteiger partial charge in [0, 0.05) is 40.7 Å². The quantitative estimate of drug-likeness (QED) is 0.170. The first-order valence-electron chi connectivity index (χ1n) is 14.7. The average Bonchev–Trinajstić information content (AvgIpc) is 3.03. The fourth-order valence-corrected chi connectivity index (χ4v) is 6.84. The predicted octanol–water partition coefficient (Wildman–Crippen LogP) is 6.67. The van der Waals surface area contributed by atoms with Crippen molar-refractivity contribution in [3.63, 3.8) is 0 Å². The molecule has 46 heavy (non-hydrogen) atoms. The molecule has 0 radical (unpaired) electrons. The highest BCUT2D eigenvalue weighted by molar-refractivity contribution is 7.92. The number of nitrogens with zero attached hydrogens (tertiary/aromatic N) is 2. The Labute approximate surface area is 280 Å². The Bertz CT molecular complexity index is 1750. The Kier molecular flexibility index (Phi) is 11.7. The van der Waals surface area contributed by atoms with Gasteiger partial charge in [0.2, 0.25) is 11.8 Å². The summed E-state index contributed by atoms with van der Waals surface area (Å²) in [5.41, 5.74) is 2.34. The van der Waals surface area contributed by atoms with E-state index in [4.69, 9.17) is 27.9 Å². The third kappa shape index (κ3) is 8.60. The molecule has 1 N–H and O–H groups in total. The van der Waals surface area contributed by atoms with Crippen LogP contribution in [0.3, 0.4) is 0 Å². The minimum absolute atomic E-state index is 0.00723. The highest BCUT2D eigenvalue weighted by Crippen LogP contribution is 2.30. The van der Waals surface area contributed by atoms with Gasteiger partial charge in [-0.3, -0.25) is 13.9 Å². The summed E-state index contributed by atoms with van der Waals surface area (Å²) in [6.45, 7) is 4.75. The summed E-state index contributed by atoms with van der Waals surface area (Å²) in [5, 5.41) is 3.55. The van der Waals surface area contributed by atoms with Crippen LogP contribution in [-0.4, -0.2) is 50.9 Å². The molecule has 0 aliphatic heterocycles. The number of ether oxygens (including phenoxy) is 1. The van der Waals surface area contributed by atoms with Gasteiger partial charge in [-0.25, -0.2) is 8.42 Å². The fraction of sp³-hybridized carbons (Fsp3) is 0.257. The predicted molar refractivity (Wildman–Crippen MR) is 183 cm³/mol. The molecule has 11 heteroatoms. The van der Waals surface area contributed by atoms with Gasteiger partial charge in [-0.2, -0.15) is 0 Å². The lowest BCUT2D eigenvalue weighted by Gasteiger charge is -2.34. The number of methoxy groups -OCH3 is 1. The summed E-state index contributed by atoms with van der Waals surface area (Å²) in [7, 11) is -2.79. The summed E-state index contributed by atoms with van der Waals surface area (Å²) in [4.78, 5) is 29.8. The van der Waals surface area contributed by atoms with Crippen molar-refractivity contribution in [3.05, 3.63) is 124 Å². The standard InChI is InChI=1S/C35H37Cl2N3O5S/c1-24(2)38-35(42)33(20-26-10-6-5-7-11-26)39(22-30-31(36)14-9-15-32(30)37)34(41)23-40(27-12-8-13-28(21-27)45-4)46(43,44)29-18-16-25(3)17-19-29/h5-19,21,24,33H,20,22-23H2,1-4H3,(H,38,42). The lowest BCUT2D eigenvalue weighted by Crippen LogP contribution is -2.54. The first-order chi connectivity index (χ1) is 21.9. The molecule has 4 aromatic carbocycles. The Morgan fingerprint density at radius 1 is 0.870 bits per heavy atom. The Balaban J connectivity index is 1.85. The summed E-state index contributed by atoms with van der Waals surface area (Å²) in [5.74, 6) is -0.619. The third-order valence-electron chi connectivity index (χ3n) is 7.32. The third-order valence-corrected chi connectivity index (χ3v) is 9.82. The van der Waals surface area contributed by atoms with Crippen LogP contribution in [0, 0.1) is 6.92 Å². The van der Waals surface area contributed by atoms with Gasteiger partial charge in [0.15, 0.2) is 0 Å². The molecule has 0 saturated heterocycles. The SMILES string of the molecule is COc1cccc(N(CC(=O)N(Cc2c(Cl)cccc2Cl)C(Cc2ccccc2)C(=O)NC(C)C)S(=O)(=O)c2ccc(C)cc2)c1. The van der Waals surface area contributed by atoms with Crippen molar-refractivity contribution in [2.24, 2.45) is 0 Å². The van der Waals surface area contributed by atoms with Crippen LogP contribution in [0.4, 0.5) is 5.69 Å². The smallest absolute Gasteiger partial charge is 0.264 e. The van der Waals surface area contributed by atoms with Crippen molar-refractivity contribution < 1.29 is 22.7 Å². The number of carbonyl (C=O) groups excluding carboxylic acids is 2. The number of hydrogen-bond acceptors (Lipinski definition) is 5. The van der Waals surface area contributed by atoms with E-state index in [9.17, 15) is 18.0 Å². The van der Waals surface area contributed by atoms with Crippen LogP contribution in [0.2, 0.25) is 10.0 Å². The zero-order valence-corrected chi connectivity index (χ0v) is 28.4. The van der Waals surface area contributed by atoms with E-state index >= 15 is 0 Å². The summed E-state index contributed by atoms with van der Waals surface area (Å²) in [6.07, 6.45) is 0.164. The average molecular weight is 683 g/mol. The number of carbonyl (C=O) groups is 2. The number of nitrogens with one attached hydrogen (secondary N) is 1. The molecule has 0 aliphatic rings. The topological polar surface area (TPSA) is 96.0 Å². The molecule has 0 fully saturated rings. The highest BCUT2D eigenvalue weighted by Gasteiger charge is 2.35. The van der Waals surface area contributed by atoms with E-state index in [1.54, 1.807) is 54.6 Å². The molecule has 0 spiro atoms. The van der Waals surface area contributed by atoms with Crippen LogP contribution in [0.15, 0.2) is 102 Å². The minimum Gasteiger partial charge on any atom is -0.497 e. The Morgan fingerprint density at radius 3 is 2.11 bits per heavy atom. The molecule has 4 rings (SSSR count). The molecule has 1 unspecified atom stereocenters. The van der Waals surface area contributed by atoms with Gasteiger partial charge < -0.3 is 15.0 Å². The Morgan fingerprint density at radius 2 is 1.50 bits per heavy atom. The van der Waals surface area contributed by atoms with Crippen molar-refractivity contribution >= 4 is 50.7 Å². The molecule has 0 aromatic heterocycles. The van der Waals surface area contributed by atoms with E-state index in [1.807, 2.05) is 51.1 Å². The van der Waals surface area contributed by atoms with Gasteiger partial charge in [0.25, 0.3) is 10.0 Å². The van der Waals surface area contributed by atoms with Gasteiger partial charge >= 0.3 is 0 Å². The monoisotopic (exact) mass is 681 g/mol. The lowest BCUT2D eigenvalue weighted by atomic mass is 10.0. The van der Waals surface area contributed by atoms with Crippen molar-refractivity contribution in [1.29, 1.82) is 0 Å². The summed E-state index contributed by atoms with van der Waals surface area (Å²) in [6, 6.07) is 25.9. The Hall–Kier alpha value is -4.05. The molecule has 0 aliphatic carbocycles. The number of anilines is 1. The molecule has 2 amide bonds. The molecule has 0 heterocycles. The second kappa shape index (κ2) is 15.5. The maximum Gasteiger partial charge on any atom is 0.264 e. The number of rotatable bonds is 13. The number of hydrogen-bond donors (Lipinski definition) is 1. The van der Waals surface area contributed by atoms with Gasteiger partial charge in [-0.05, 0) is 62.7 Å². The van der Waals surface area contributed by atoms with E-state index in [-0.39, 0.29) is 29.6 Å². The van der Waals surface area contributed by atoms with Gasteiger partial charge in [-0.15, -0.1) is 0 Å². The molecule has 1 atom stereocenters. The zero-order valence-electron chi connectivity index (χ0n) is 26.1. The van der Waals surface area contributed by atoms with Gasteiger partial charge in [0.05, 0.1) is 17.7 Å². The minimum atomic E-state index is -4.26. The van der Waals surface area contributed by atoms with Crippen LogP contribution in [0.5, 0.6) is 5.75 Å². The van der Waals surface area contributed by atoms with Crippen LogP contribution in [-0.2, 0) is 32.6 Å². The molecule has 242 valence electrons. The number of halogens is 2. The summed E-state index contributed by atoms with van der Waals surface area (Å²) < 4.78 is 34.8. The number of amides is 2. The van der Waals surface area contributed by atoms with Crippen molar-refractivity contribution in [1.82, 2.24) is 10.2 Å². The lowest BCUT2D eigenvalue weighted by molar-refractivity contribution is -0.140. The number of aryl methyl sites for hydroxylation is 1. The van der Waals surface area contributed by atoms with E-state index in [1.165, 1.54) is 24.1 Å². The molecule has 8 nitrogen and oxygen atoms in total. The van der Waals surface area contributed by atoms with E-state index in [0.29, 0.717) is 21.4 Å². The van der Waals surface area contributed by atoms with Crippen LogP contribution in [0.25, 0.3) is 0 Å².